The second-order valence-corrected chi connectivity index (χ2v) is 6.34. The Bertz CT molecular complexity index is 723. The lowest BCUT2D eigenvalue weighted by atomic mass is 10.1. The van der Waals surface area contributed by atoms with Crippen LogP contribution in [0.5, 0.6) is 0 Å². The summed E-state index contributed by atoms with van der Waals surface area (Å²) in [6.07, 6.45) is 1.32. The van der Waals surface area contributed by atoms with E-state index in [1.165, 1.54) is 6.33 Å². The van der Waals surface area contributed by atoms with Crippen LogP contribution >= 0.6 is 0 Å². The Morgan fingerprint density at radius 3 is 2.60 bits per heavy atom. The van der Waals surface area contributed by atoms with Gasteiger partial charge in [0.2, 0.25) is 10.0 Å². The Morgan fingerprint density at radius 1 is 1.30 bits per heavy atom. The second kappa shape index (κ2) is 5.22. The van der Waals surface area contributed by atoms with Crippen LogP contribution in [0, 0.1) is 20.8 Å². The maximum absolute atomic E-state index is 12.4. The third kappa shape index (κ3) is 2.66. The Kier molecular flexibility index (Phi) is 3.78. The number of nitrogens with zero attached hydrogens (tertiary/aromatic N) is 2. The highest BCUT2D eigenvalue weighted by atomic mass is 32.2. The van der Waals surface area contributed by atoms with Gasteiger partial charge in [-0.2, -0.15) is 5.10 Å². The van der Waals surface area contributed by atoms with E-state index in [0.717, 1.165) is 5.56 Å². The number of sulfonamides is 1. The van der Waals surface area contributed by atoms with Crippen LogP contribution in [0.15, 0.2) is 17.3 Å². The summed E-state index contributed by atoms with van der Waals surface area (Å²) < 4.78 is 27.3. The summed E-state index contributed by atoms with van der Waals surface area (Å²) in [5, 5.41) is 6.26. The van der Waals surface area contributed by atoms with E-state index >= 15 is 0 Å². The van der Waals surface area contributed by atoms with E-state index in [1.807, 2.05) is 6.92 Å². The molecule has 0 spiro atoms. The summed E-state index contributed by atoms with van der Waals surface area (Å²) in [5.74, 6) is 0.448. The van der Waals surface area contributed by atoms with Crippen LogP contribution in [-0.4, -0.2) is 23.6 Å². The smallest absolute Gasteiger partial charge is 0.241 e. The van der Waals surface area contributed by atoms with Gasteiger partial charge in [0.05, 0.1) is 11.4 Å². The Hall–Kier alpha value is -1.93. The van der Waals surface area contributed by atoms with Gasteiger partial charge < -0.3 is 5.73 Å². The molecular formula is C12H17N5O2S. The van der Waals surface area contributed by atoms with E-state index in [4.69, 9.17) is 5.73 Å². The molecule has 0 aliphatic rings. The summed E-state index contributed by atoms with van der Waals surface area (Å²) in [5.41, 5.74) is 8.51. The number of aromatic amines is 1. The lowest BCUT2D eigenvalue weighted by Gasteiger charge is -2.15. The fourth-order valence-electron chi connectivity index (χ4n) is 2.15. The quantitative estimate of drug-likeness (QED) is 0.722. The van der Waals surface area contributed by atoms with Crippen molar-refractivity contribution in [1.82, 2.24) is 19.9 Å². The number of rotatable bonds is 4. The SMILES string of the molecule is Cc1cc(C)c(S(=O)(=O)NCc2ncn[nH]2)c(C)c1N. The Labute approximate surface area is 117 Å². The van der Waals surface area contributed by atoms with E-state index in [0.29, 0.717) is 22.6 Å². The molecule has 2 aromatic rings. The number of hydrogen-bond donors (Lipinski definition) is 3. The van der Waals surface area contributed by atoms with Crippen LogP contribution in [0.4, 0.5) is 5.69 Å². The number of benzene rings is 1. The average molecular weight is 295 g/mol. The van der Waals surface area contributed by atoms with E-state index in [1.54, 1.807) is 19.9 Å². The number of nitrogens with one attached hydrogen (secondary N) is 2. The summed E-state index contributed by atoms with van der Waals surface area (Å²) in [4.78, 5) is 4.09. The van der Waals surface area contributed by atoms with Gasteiger partial charge in [-0.15, -0.1) is 0 Å². The first-order valence-corrected chi connectivity index (χ1v) is 7.51. The van der Waals surface area contributed by atoms with Gasteiger partial charge in [0.1, 0.15) is 12.2 Å². The summed E-state index contributed by atoms with van der Waals surface area (Å²) in [6, 6.07) is 1.77. The maximum atomic E-state index is 12.4. The van der Waals surface area contributed by atoms with Crippen molar-refractivity contribution in [1.29, 1.82) is 0 Å². The molecule has 0 unspecified atom stereocenters. The number of aromatic nitrogens is 3. The third-order valence-corrected chi connectivity index (χ3v) is 4.81. The first-order chi connectivity index (χ1) is 9.33. The molecule has 7 nitrogen and oxygen atoms in total. The van der Waals surface area contributed by atoms with Crippen molar-refractivity contribution in [2.75, 3.05) is 5.73 Å². The minimum absolute atomic E-state index is 0.0506. The average Bonchev–Trinajstić information content (AvgIpc) is 2.86. The fourth-order valence-corrected chi connectivity index (χ4v) is 3.61. The zero-order chi connectivity index (χ0) is 14.9. The number of anilines is 1. The summed E-state index contributed by atoms with van der Waals surface area (Å²) in [7, 11) is -3.65. The largest absolute Gasteiger partial charge is 0.398 e. The van der Waals surface area contributed by atoms with E-state index in [-0.39, 0.29) is 11.4 Å². The molecule has 0 amide bonds. The van der Waals surface area contributed by atoms with Crippen molar-refractivity contribution in [2.24, 2.45) is 0 Å². The molecule has 0 bridgehead atoms. The molecule has 0 atom stereocenters. The molecule has 1 heterocycles. The first-order valence-electron chi connectivity index (χ1n) is 6.03. The fraction of sp³-hybridized carbons (Fsp3) is 0.333. The van der Waals surface area contributed by atoms with Crippen LogP contribution in [-0.2, 0) is 16.6 Å². The zero-order valence-corrected chi connectivity index (χ0v) is 12.4. The van der Waals surface area contributed by atoms with Gasteiger partial charge in [-0.25, -0.2) is 18.1 Å². The van der Waals surface area contributed by atoms with Crippen LogP contribution in [0.25, 0.3) is 0 Å². The molecule has 108 valence electrons. The molecule has 0 saturated heterocycles. The Morgan fingerprint density at radius 2 is 2.00 bits per heavy atom. The molecule has 20 heavy (non-hydrogen) atoms. The van der Waals surface area contributed by atoms with Crippen molar-refractivity contribution in [3.8, 4) is 0 Å². The minimum atomic E-state index is -3.65. The van der Waals surface area contributed by atoms with E-state index in [9.17, 15) is 8.42 Å². The second-order valence-electron chi connectivity index (χ2n) is 4.63. The molecule has 0 saturated carbocycles. The van der Waals surface area contributed by atoms with Gasteiger partial charge >= 0.3 is 0 Å². The predicted molar refractivity (Wildman–Crippen MR) is 75.5 cm³/mol. The molecule has 4 N–H and O–H groups in total. The van der Waals surface area contributed by atoms with Crippen molar-refractivity contribution in [2.45, 2.75) is 32.2 Å². The molecule has 2 rings (SSSR count). The topological polar surface area (TPSA) is 114 Å². The standard InChI is InChI=1S/C12H17N5O2S/c1-7-4-8(2)12(9(3)11(7)13)20(18,19)16-5-10-14-6-15-17-10/h4,6,16H,5,13H2,1-3H3,(H,14,15,17). The van der Waals surface area contributed by atoms with Gasteiger partial charge in [0.25, 0.3) is 0 Å². The third-order valence-electron chi connectivity index (χ3n) is 3.12. The van der Waals surface area contributed by atoms with Gasteiger partial charge in [-0.1, -0.05) is 6.07 Å². The van der Waals surface area contributed by atoms with E-state index < -0.39 is 10.0 Å². The molecule has 1 aromatic heterocycles. The number of aryl methyl sites for hydroxylation is 2. The van der Waals surface area contributed by atoms with Gasteiger partial charge in [0.15, 0.2) is 0 Å². The van der Waals surface area contributed by atoms with Gasteiger partial charge in [-0.05, 0) is 37.5 Å². The summed E-state index contributed by atoms with van der Waals surface area (Å²) in [6.45, 7) is 5.36. The molecule has 0 aliphatic carbocycles. The highest BCUT2D eigenvalue weighted by molar-refractivity contribution is 7.89. The van der Waals surface area contributed by atoms with Gasteiger partial charge in [0, 0.05) is 5.69 Å². The minimum Gasteiger partial charge on any atom is -0.398 e. The van der Waals surface area contributed by atoms with Crippen molar-refractivity contribution < 1.29 is 8.42 Å². The lowest BCUT2D eigenvalue weighted by Crippen LogP contribution is -2.26. The molecule has 1 aromatic carbocycles. The number of H-pyrrole nitrogens is 1. The molecule has 0 radical (unpaired) electrons. The highest BCUT2D eigenvalue weighted by Crippen LogP contribution is 2.27. The van der Waals surface area contributed by atoms with Crippen molar-refractivity contribution in [3.05, 3.63) is 34.9 Å². The zero-order valence-electron chi connectivity index (χ0n) is 11.6. The lowest BCUT2D eigenvalue weighted by molar-refractivity contribution is 0.578. The molecular weight excluding hydrogens is 278 g/mol. The Balaban J connectivity index is 2.37. The normalized spacial score (nSPS) is 11.8. The number of nitrogen functional groups attached to an aromatic ring is 1. The molecule has 0 aliphatic heterocycles. The highest BCUT2D eigenvalue weighted by Gasteiger charge is 2.22. The van der Waals surface area contributed by atoms with Crippen LogP contribution in [0.2, 0.25) is 0 Å². The van der Waals surface area contributed by atoms with Crippen molar-refractivity contribution in [3.63, 3.8) is 0 Å². The van der Waals surface area contributed by atoms with Crippen LogP contribution in [0.3, 0.4) is 0 Å². The predicted octanol–water partition coefficient (Wildman–Crippen LogP) is 0.791. The van der Waals surface area contributed by atoms with Crippen LogP contribution in [0.1, 0.15) is 22.5 Å². The molecule has 0 fully saturated rings. The first kappa shape index (κ1) is 14.5. The number of nitrogens with two attached hydrogens (primary N) is 1. The van der Waals surface area contributed by atoms with Crippen LogP contribution < -0.4 is 10.5 Å². The number of hydrogen-bond acceptors (Lipinski definition) is 5. The molecule has 8 heteroatoms. The maximum Gasteiger partial charge on any atom is 0.241 e. The summed E-state index contributed by atoms with van der Waals surface area (Å²) >= 11 is 0. The van der Waals surface area contributed by atoms with E-state index in [2.05, 4.69) is 19.9 Å². The monoisotopic (exact) mass is 295 g/mol. The van der Waals surface area contributed by atoms with Crippen molar-refractivity contribution >= 4 is 15.7 Å². The van der Waals surface area contributed by atoms with Gasteiger partial charge in [-0.3, -0.25) is 5.10 Å².